The van der Waals surface area contributed by atoms with E-state index < -0.39 is 11.8 Å². The van der Waals surface area contributed by atoms with E-state index in [4.69, 9.17) is 17.7 Å². The van der Waals surface area contributed by atoms with E-state index in [0.717, 1.165) is 0 Å². The molecule has 2 aromatic carbocycles. The summed E-state index contributed by atoms with van der Waals surface area (Å²) in [5.74, 6) is 2.17. The molecule has 0 aliphatic carbocycles. The Morgan fingerprint density at radius 2 is 1.83 bits per heavy atom. The fourth-order valence-corrected chi connectivity index (χ4v) is 2.63. The number of ether oxygens (including phenoxy) is 1. The van der Waals surface area contributed by atoms with Crippen LogP contribution in [0.25, 0.3) is 4.85 Å². The van der Waals surface area contributed by atoms with Gasteiger partial charge in [-0.2, -0.15) is 0 Å². The molecule has 0 fully saturated rings. The molecule has 0 spiro atoms. The van der Waals surface area contributed by atoms with Gasteiger partial charge < -0.3 is 15.4 Å². The molecule has 1 aromatic heterocycles. The molecule has 0 bridgehead atoms. The number of benzene rings is 2. The highest BCUT2D eigenvalue weighted by Crippen LogP contribution is 2.29. The lowest BCUT2D eigenvalue weighted by molar-refractivity contribution is 0.102. The third-order valence-electron chi connectivity index (χ3n) is 4.16. The average molecular weight is 396 g/mol. The molecule has 146 valence electrons. The molecule has 30 heavy (non-hydrogen) atoms. The summed E-state index contributed by atoms with van der Waals surface area (Å²) >= 11 is 0. The smallest absolute Gasteiger partial charge is 0.259 e. The second-order valence-corrected chi connectivity index (χ2v) is 6.03. The van der Waals surface area contributed by atoms with Crippen molar-refractivity contribution in [1.29, 1.82) is 0 Å². The molecule has 0 atom stereocenters. The summed E-state index contributed by atoms with van der Waals surface area (Å²) in [7, 11) is 1.44. The lowest BCUT2D eigenvalue weighted by Crippen LogP contribution is -2.19. The zero-order valence-electron chi connectivity index (χ0n) is 16.0. The van der Waals surface area contributed by atoms with Crippen LogP contribution < -0.4 is 15.4 Å². The SMILES string of the molecule is [C-]#[N+]c1ccc(C(=O)Nc2c(OC)cccc2C(=O)Nc2ccc(C#C)cn2)cc1. The predicted molar refractivity (Wildman–Crippen MR) is 114 cm³/mol. The van der Waals surface area contributed by atoms with Crippen LogP contribution in [0.1, 0.15) is 26.3 Å². The summed E-state index contributed by atoms with van der Waals surface area (Å²) in [5.41, 5.74) is 1.77. The zero-order valence-corrected chi connectivity index (χ0v) is 16.0. The van der Waals surface area contributed by atoms with Crippen LogP contribution in [0.2, 0.25) is 0 Å². The van der Waals surface area contributed by atoms with Gasteiger partial charge in [0.15, 0.2) is 5.69 Å². The van der Waals surface area contributed by atoms with Gasteiger partial charge in [-0.15, -0.1) is 6.42 Å². The lowest BCUT2D eigenvalue weighted by atomic mass is 10.1. The topological polar surface area (TPSA) is 84.7 Å². The molecular formula is C23H16N4O3. The Kier molecular flexibility index (Phi) is 6.07. The van der Waals surface area contributed by atoms with Crippen molar-refractivity contribution in [3.8, 4) is 18.1 Å². The van der Waals surface area contributed by atoms with Gasteiger partial charge in [0.25, 0.3) is 11.8 Å². The Hall–Kier alpha value is -4.62. The van der Waals surface area contributed by atoms with Crippen molar-refractivity contribution in [2.24, 2.45) is 0 Å². The Morgan fingerprint density at radius 3 is 2.43 bits per heavy atom. The van der Waals surface area contributed by atoms with Gasteiger partial charge in [0.1, 0.15) is 11.6 Å². The Bertz CT molecular complexity index is 1170. The van der Waals surface area contributed by atoms with E-state index in [1.165, 1.54) is 25.4 Å². The van der Waals surface area contributed by atoms with Crippen LogP contribution in [0.15, 0.2) is 60.8 Å². The molecule has 2 amide bonds. The molecule has 1 heterocycles. The maximum absolute atomic E-state index is 12.8. The van der Waals surface area contributed by atoms with E-state index in [9.17, 15) is 9.59 Å². The largest absolute Gasteiger partial charge is 0.495 e. The fraction of sp³-hybridized carbons (Fsp3) is 0.0435. The van der Waals surface area contributed by atoms with Crippen LogP contribution in [0.3, 0.4) is 0 Å². The van der Waals surface area contributed by atoms with Crippen molar-refractivity contribution in [1.82, 2.24) is 4.98 Å². The van der Waals surface area contributed by atoms with Crippen molar-refractivity contribution in [3.63, 3.8) is 0 Å². The van der Waals surface area contributed by atoms with Crippen LogP contribution >= 0.6 is 0 Å². The molecular weight excluding hydrogens is 380 g/mol. The number of terminal acetylenes is 1. The second kappa shape index (κ2) is 9.05. The first kappa shape index (κ1) is 20.1. The molecule has 2 N–H and O–H groups in total. The number of para-hydroxylation sites is 1. The van der Waals surface area contributed by atoms with Gasteiger partial charge >= 0.3 is 0 Å². The van der Waals surface area contributed by atoms with Crippen molar-refractivity contribution in [3.05, 3.63) is 88.9 Å². The quantitative estimate of drug-likeness (QED) is 0.502. The normalized spacial score (nSPS) is 9.70. The Morgan fingerprint density at radius 1 is 1.07 bits per heavy atom. The maximum Gasteiger partial charge on any atom is 0.259 e. The number of hydrogen-bond donors (Lipinski definition) is 2. The molecule has 0 radical (unpaired) electrons. The van der Waals surface area contributed by atoms with E-state index >= 15 is 0 Å². The van der Waals surface area contributed by atoms with Crippen LogP contribution in [0.5, 0.6) is 5.75 Å². The van der Waals surface area contributed by atoms with Gasteiger partial charge in [-0.3, -0.25) is 9.59 Å². The summed E-state index contributed by atoms with van der Waals surface area (Å²) in [5, 5.41) is 5.39. The van der Waals surface area contributed by atoms with E-state index in [-0.39, 0.29) is 11.3 Å². The van der Waals surface area contributed by atoms with E-state index in [2.05, 4.69) is 26.4 Å². The maximum atomic E-state index is 12.8. The van der Waals surface area contributed by atoms with Crippen molar-refractivity contribution < 1.29 is 14.3 Å². The average Bonchev–Trinajstić information content (AvgIpc) is 2.79. The number of hydrogen-bond acceptors (Lipinski definition) is 4. The first-order chi connectivity index (χ1) is 14.5. The minimum absolute atomic E-state index is 0.198. The molecule has 3 rings (SSSR count). The number of rotatable bonds is 5. The van der Waals surface area contributed by atoms with Crippen molar-refractivity contribution >= 4 is 29.0 Å². The molecule has 7 nitrogen and oxygen atoms in total. The molecule has 3 aromatic rings. The van der Waals surface area contributed by atoms with Crippen molar-refractivity contribution in [2.45, 2.75) is 0 Å². The number of nitrogens with one attached hydrogen (secondary N) is 2. The van der Waals surface area contributed by atoms with Gasteiger partial charge in [0, 0.05) is 17.3 Å². The first-order valence-electron chi connectivity index (χ1n) is 8.75. The number of nitrogens with zero attached hydrogens (tertiary/aromatic N) is 2. The third-order valence-corrected chi connectivity index (χ3v) is 4.16. The number of carbonyl (C=O) groups is 2. The van der Waals surface area contributed by atoms with Gasteiger partial charge in [-0.1, -0.05) is 36.3 Å². The molecule has 0 unspecified atom stereocenters. The van der Waals surface area contributed by atoms with E-state index in [0.29, 0.717) is 28.4 Å². The summed E-state index contributed by atoms with van der Waals surface area (Å²) in [6, 6.07) is 14.2. The van der Waals surface area contributed by atoms with Gasteiger partial charge in [-0.05, 0) is 24.3 Å². The minimum Gasteiger partial charge on any atom is -0.495 e. The molecule has 7 heteroatoms. The summed E-state index contributed by atoms with van der Waals surface area (Å²) in [6.07, 6.45) is 6.78. The highest BCUT2D eigenvalue weighted by molar-refractivity contribution is 6.13. The van der Waals surface area contributed by atoms with Crippen LogP contribution in [0, 0.1) is 18.9 Å². The van der Waals surface area contributed by atoms with Gasteiger partial charge in [0.2, 0.25) is 0 Å². The zero-order chi connectivity index (χ0) is 21.5. The number of methoxy groups -OCH3 is 1. The number of amides is 2. The number of anilines is 2. The van der Waals surface area contributed by atoms with Gasteiger partial charge in [-0.25, -0.2) is 9.83 Å². The summed E-state index contributed by atoms with van der Waals surface area (Å²) in [6.45, 7) is 6.99. The molecule has 0 aliphatic rings. The highest BCUT2D eigenvalue weighted by atomic mass is 16.5. The number of pyridine rings is 1. The minimum atomic E-state index is -0.478. The van der Waals surface area contributed by atoms with E-state index in [1.807, 2.05) is 0 Å². The Labute approximate surface area is 173 Å². The second-order valence-electron chi connectivity index (χ2n) is 6.03. The summed E-state index contributed by atoms with van der Waals surface area (Å²) in [4.78, 5) is 32.9. The molecule has 0 saturated heterocycles. The molecule has 0 aliphatic heterocycles. The predicted octanol–water partition coefficient (Wildman–Crippen LogP) is 4.13. The Balaban J connectivity index is 1.88. The highest BCUT2D eigenvalue weighted by Gasteiger charge is 2.19. The van der Waals surface area contributed by atoms with Crippen LogP contribution in [-0.2, 0) is 0 Å². The molecule has 0 saturated carbocycles. The van der Waals surface area contributed by atoms with Crippen LogP contribution in [-0.4, -0.2) is 23.9 Å². The lowest BCUT2D eigenvalue weighted by Gasteiger charge is -2.15. The number of carbonyl (C=O) groups excluding carboxylic acids is 2. The van der Waals surface area contributed by atoms with Gasteiger partial charge in [0.05, 0.1) is 24.9 Å². The first-order valence-corrected chi connectivity index (χ1v) is 8.75. The summed E-state index contributed by atoms with van der Waals surface area (Å²) < 4.78 is 5.32. The monoisotopic (exact) mass is 396 g/mol. The van der Waals surface area contributed by atoms with Crippen molar-refractivity contribution in [2.75, 3.05) is 17.7 Å². The standard InChI is InChI=1S/C23H16N4O3/c1-4-15-8-13-20(25-14-15)26-23(29)18-6-5-7-19(30-3)21(18)27-22(28)16-9-11-17(24-2)12-10-16/h1,5-14H,3H3,(H,27,28)(H,25,26,29). The number of aromatic nitrogens is 1. The third kappa shape index (κ3) is 4.44. The van der Waals surface area contributed by atoms with E-state index in [1.54, 1.807) is 42.5 Å². The fourth-order valence-electron chi connectivity index (χ4n) is 2.63. The van der Waals surface area contributed by atoms with Crippen LogP contribution in [0.4, 0.5) is 17.2 Å².